The molecule has 0 aliphatic rings. The second-order valence-corrected chi connectivity index (χ2v) is 4.39. The van der Waals surface area contributed by atoms with Gasteiger partial charge in [0, 0.05) is 0 Å². The van der Waals surface area contributed by atoms with Crippen molar-refractivity contribution in [3.63, 3.8) is 0 Å². The number of aromatic nitrogens is 2. The predicted octanol–water partition coefficient (Wildman–Crippen LogP) is 2.55. The zero-order valence-corrected chi connectivity index (χ0v) is 10.4. The molecule has 17 heavy (non-hydrogen) atoms. The average Bonchev–Trinajstić information content (AvgIpc) is 2.33. The Hall–Kier alpha value is -1.52. The summed E-state index contributed by atoms with van der Waals surface area (Å²) in [6.07, 6.45) is 0. The Balaban J connectivity index is 2.43. The van der Waals surface area contributed by atoms with Gasteiger partial charge in [0.2, 0.25) is 0 Å². The second kappa shape index (κ2) is 5.21. The molecule has 1 heterocycles. The first-order chi connectivity index (χ1) is 8.18. The minimum Gasteiger partial charge on any atom is -0.392 e. The van der Waals surface area contributed by atoms with Gasteiger partial charge in [-0.15, -0.1) is 5.10 Å². The normalized spacial score (nSPS) is 12.1. The zero-order chi connectivity index (χ0) is 12.3. The van der Waals surface area contributed by atoms with Crippen LogP contribution in [0.4, 0.5) is 0 Å². The Morgan fingerprint density at radius 1 is 1.12 bits per heavy atom. The first-order valence-electron chi connectivity index (χ1n) is 5.02. The van der Waals surface area contributed by atoms with Crippen LogP contribution in [0.25, 0.3) is 0 Å². The molecule has 5 heteroatoms. The van der Waals surface area contributed by atoms with Crippen molar-refractivity contribution in [2.24, 2.45) is 5.73 Å². The predicted molar refractivity (Wildman–Crippen MR) is 72.1 cm³/mol. The van der Waals surface area contributed by atoms with Gasteiger partial charge < -0.3 is 5.73 Å². The quantitative estimate of drug-likeness (QED) is 0.865. The number of hydrogen-bond donors (Lipinski definition) is 1. The molecule has 0 aliphatic carbocycles. The van der Waals surface area contributed by atoms with Crippen molar-refractivity contribution in [1.82, 2.24) is 10.2 Å². The minimum atomic E-state index is -0.226. The topological polar surface area (TPSA) is 51.8 Å². The van der Waals surface area contributed by atoms with Crippen molar-refractivity contribution in [1.29, 1.82) is 0 Å². The van der Waals surface area contributed by atoms with Crippen molar-refractivity contribution in [3.8, 4) is 0 Å². The van der Waals surface area contributed by atoms with Crippen LogP contribution in [0.5, 0.6) is 0 Å². The molecule has 2 N–H and O–H groups in total. The Labute approximate surface area is 110 Å². The lowest BCUT2D eigenvalue weighted by Gasteiger charge is -2.14. The monoisotopic (exact) mass is 263 g/mol. The van der Waals surface area contributed by atoms with Crippen LogP contribution >= 0.6 is 23.8 Å². The van der Waals surface area contributed by atoms with Crippen LogP contribution in [0.3, 0.4) is 0 Å². The molecular formula is C12H10ClN3S. The van der Waals surface area contributed by atoms with Gasteiger partial charge >= 0.3 is 0 Å². The molecule has 0 radical (unpaired) electrons. The highest BCUT2D eigenvalue weighted by molar-refractivity contribution is 7.80. The number of nitrogens with two attached hydrogens (primary N) is 1. The van der Waals surface area contributed by atoms with Gasteiger partial charge in [-0.3, -0.25) is 0 Å². The van der Waals surface area contributed by atoms with E-state index < -0.39 is 0 Å². The van der Waals surface area contributed by atoms with E-state index in [2.05, 4.69) is 10.2 Å². The SMILES string of the molecule is NC(=S)C(c1ccccc1)c1ccc(Cl)nn1. The van der Waals surface area contributed by atoms with Crippen LogP contribution < -0.4 is 5.73 Å². The molecule has 0 aliphatic heterocycles. The van der Waals surface area contributed by atoms with Crippen molar-refractivity contribution in [2.45, 2.75) is 5.92 Å². The maximum Gasteiger partial charge on any atom is 0.151 e. The van der Waals surface area contributed by atoms with Crippen LogP contribution in [-0.2, 0) is 0 Å². The Kier molecular flexibility index (Phi) is 3.66. The Morgan fingerprint density at radius 3 is 2.35 bits per heavy atom. The van der Waals surface area contributed by atoms with Crippen molar-refractivity contribution < 1.29 is 0 Å². The number of rotatable bonds is 3. The summed E-state index contributed by atoms with van der Waals surface area (Å²) in [6.45, 7) is 0. The fraction of sp³-hybridized carbons (Fsp3) is 0.0833. The summed E-state index contributed by atoms with van der Waals surface area (Å²) in [5.41, 5.74) is 7.47. The Morgan fingerprint density at radius 2 is 1.82 bits per heavy atom. The van der Waals surface area contributed by atoms with Gasteiger partial charge in [0.1, 0.15) is 0 Å². The molecule has 1 atom stereocenters. The molecule has 3 nitrogen and oxygen atoms in total. The van der Waals surface area contributed by atoms with Gasteiger partial charge in [-0.25, -0.2) is 0 Å². The fourth-order valence-electron chi connectivity index (χ4n) is 1.61. The molecule has 0 saturated heterocycles. The number of halogens is 1. The molecule has 1 aromatic heterocycles. The standard InChI is InChI=1S/C12H10ClN3S/c13-10-7-6-9(15-16-10)11(12(14)17)8-4-2-1-3-5-8/h1-7,11H,(H2,14,17). The number of benzene rings is 1. The van der Waals surface area contributed by atoms with Gasteiger partial charge in [0.05, 0.1) is 16.6 Å². The maximum atomic E-state index is 5.77. The van der Waals surface area contributed by atoms with E-state index in [0.717, 1.165) is 5.56 Å². The summed E-state index contributed by atoms with van der Waals surface area (Å²) in [5, 5.41) is 8.19. The molecule has 2 aromatic rings. The summed E-state index contributed by atoms with van der Waals surface area (Å²) < 4.78 is 0. The first kappa shape index (κ1) is 12.0. The van der Waals surface area contributed by atoms with E-state index in [1.165, 1.54) is 0 Å². The highest BCUT2D eigenvalue weighted by Gasteiger charge is 2.18. The molecule has 0 bridgehead atoms. The summed E-state index contributed by atoms with van der Waals surface area (Å²) in [7, 11) is 0. The smallest absolute Gasteiger partial charge is 0.151 e. The van der Waals surface area contributed by atoms with E-state index in [1.807, 2.05) is 30.3 Å². The van der Waals surface area contributed by atoms with Gasteiger partial charge in [-0.2, -0.15) is 5.10 Å². The largest absolute Gasteiger partial charge is 0.392 e. The zero-order valence-electron chi connectivity index (χ0n) is 8.88. The summed E-state index contributed by atoms with van der Waals surface area (Å²) >= 11 is 10.8. The average molecular weight is 264 g/mol. The third kappa shape index (κ3) is 2.78. The van der Waals surface area contributed by atoms with Crippen molar-refractivity contribution >= 4 is 28.8 Å². The van der Waals surface area contributed by atoms with E-state index in [4.69, 9.17) is 29.6 Å². The highest BCUT2D eigenvalue weighted by atomic mass is 35.5. The van der Waals surface area contributed by atoms with Crippen molar-refractivity contribution in [2.75, 3.05) is 0 Å². The lowest BCUT2D eigenvalue weighted by atomic mass is 9.95. The third-order valence-corrected chi connectivity index (χ3v) is 2.80. The van der Waals surface area contributed by atoms with Crippen molar-refractivity contribution in [3.05, 3.63) is 58.9 Å². The molecule has 1 aromatic carbocycles. The molecule has 0 saturated carbocycles. The van der Waals surface area contributed by atoms with Crippen LogP contribution in [-0.4, -0.2) is 15.2 Å². The summed E-state index contributed by atoms with van der Waals surface area (Å²) in [6, 6.07) is 13.2. The van der Waals surface area contributed by atoms with E-state index in [1.54, 1.807) is 12.1 Å². The lowest BCUT2D eigenvalue weighted by Crippen LogP contribution is -2.21. The van der Waals surface area contributed by atoms with E-state index >= 15 is 0 Å². The van der Waals surface area contributed by atoms with Gasteiger partial charge in [0.25, 0.3) is 0 Å². The summed E-state index contributed by atoms with van der Waals surface area (Å²) in [4.78, 5) is 0.368. The van der Waals surface area contributed by atoms with Gasteiger partial charge in [-0.1, -0.05) is 54.2 Å². The van der Waals surface area contributed by atoms with Crippen LogP contribution in [0.2, 0.25) is 5.15 Å². The molecule has 86 valence electrons. The third-order valence-electron chi connectivity index (χ3n) is 2.37. The molecular weight excluding hydrogens is 254 g/mol. The number of thiocarbonyl (C=S) groups is 1. The van der Waals surface area contributed by atoms with Crippen LogP contribution in [0, 0.1) is 0 Å². The van der Waals surface area contributed by atoms with E-state index in [-0.39, 0.29) is 5.92 Å². The maximum absolute atomic E-state index is 5.77. The molecule has 0 fully saturated rings. The van der Waals surface area contributed by atoms with E-state index in [0.29, 0.717) is 15.8 Å². The highest BCUT2D eigenvalue weighted by Crippen LogP contribution is 2.23. The minimum absolute atomic E-state index is 0.226. The van der Waals surface area contributed by atoms with Crippen LogP contribution in [0.15, 0.2) is 42.5 Å². The second-order valence-electron chi connectivity index (χ2n) is 3.53. The van der Waals surface area contributed by atoms with Gasteiger partial charge in [-0.05, 0) is 17.7 Å². The summed E-state index contributed by atoms with van der Waals surface area (Å²) in [5.74, 6) is -0.226. The van der Waals surface area contributed by atoms with Gasteiger partial charge in [0.15, 0.2) is 5.15 Å². The number of nitrogens with zero attached hydrogens (tertiary/aromatic N) is 2. The molecule has 1 unspecified atom stereocenters. The number of hydrogen-bond acceptors (Lipinski definition) is 3. The Bertz CT molecular complexity index is 513. The first-order valence-corrected chi connectivity index (χ1v) is 5.80. The fourth-order valence-corrected chi connectivity index (χ4v) is 1.96. The molecule has 0 amide bonds. The molecule has 0 spiro atoms. The van der Waals surface area contributed by atoms with E-state index in [9.17, 15) is 0 Å². The lowest BCUT2D eigenvalue weighted by molar-refractivity contribution is 0.902. The molecule has 2 rings (SSSR count). The van der Waals surface area contributed by atoms with Crippen LogP contribution in [0.1, 0.15) is 17.2 Å².